The summed E-state index contributed by atoms with van der Waals surface area (Å²) in [7, 11) is 3.20. The Morgan fingerprint density at radius 3 is 2.45 bits per heavy atom. The van der Waals surface area contributed by atoms with E-state index in [1.165, 1.54) is 11.3 Å². The van der Waals surface area contributed by atoms with Crippen molar-refractivity contribution in [3.63, 3.8) is 0 Å². The standard InChI is InChI=1S/C22H30N2O4S/c1-15(2)24(22(25)16-8-5-6-9-16)12-17-14-29-20(23-17)13-28-21-18(26-3)10-7-11-19(21)27-4/h7,10-11,14-16H,5-6,8-9,12-13H2,1-4H3. The van der Waals surface area contributed by atoms with Gasteiger partial charge in [-0.15, -0.1) is 11.3 Å². The van der Waals surface area contributed by atoms with Crippen LogP contribution in [0.15, 0.2) is 23.6 Å². The molecular weight excluding hydrogens is 388 g/mol. The lowest BCUT2D eigenvalue weighted by Crippen LogP contribution is -2.39. The van der Waals surface area contributed by atoms with Crippen LogP contribution >= 0.6 is 11.3 Å². The molecule has 7 heteroatoms. The molecule has 1 aromatic carbocycles. The summed E-state index contributed by atoms with van der Waals surface area (Å²) in [4.78, 5) is 19.5. The fourth-order valence-corrected chi connectivity index (χ4v) is 4.37. The maximum absolute atomic E-state index is 12.9. The molecule has 2 aromatic rings. The summed E-state index contributed by atoms with van der Waals surface area (Å²) in [6, 6.07) is 5.68. The molecule has 0 atom stereocenters. The topological polar surface area (TPSA) is 60.9 Å². The summed E-state index contributed by atoms with van der Waals surface area (Å²) >= 11 is 1.54. The number of carbonyl (C=O) groups is 1. The van der Waals surface area contributed by atoms with E-state index in [0.29, 0.717) is 30.4 Å². The highest BCUT2D eigenvalue weighted by Crippen LogP contribution is 2.37. The van der Waals surface area contributed by atoms with Crippen molar-refractivity contribution < 1.29 is 19.0 Å². The molecule has 1 fully saturated rings. The number of hydrogen-bond acceptors (Lipinski definition) is 6. The lowest BCUT2D eigenvalue weighted by atomic mass is 10.1. The number of thiazole rings is 1. The smallest absolute Gasteiger partial charge is 0.226 e. The number of amides is 1. The molecular formula is C22H30N2O4S. The van der Waals surface area contributed by atoms with Gasteiger partial charge in [0.2, 0.25) is 11.7 Å². The van der Waals surface area contributed by atoms with E-state index in [2.05, 4.69) is 18.8 Å². The molecule has 29 heavy (non-hydrogen) atoms. The Kier molecular flexibility index (Phi) is 7.36. The van der Waals surface area contributed by atoms with Gasteiger partial charge in [0.25, 0.3) is 0 Å². The van der Waals surface area contributed by atoms with Crippen molar-refractivity contribution in [2.24, 2.45) is 5.92 Å². The summed E-state index contributed by atoms with van der Waals surface area (Å²) in [6.07, 6.45) is 4.35. The largest absolute Gasteiger partial charge is 0.493 e. The van der Waals surface area contributed by atoms with Crippen molar-refractivity contribution in [1.29, 1.82) is 0 Å². The van der Waals surface area contributed by atoms with Crippen LogP contribution in [-0.4, -0.2) is 36.1 Å². The first kappa shape index (κ1) is 21.4. The molecule has 0 N–H and O–H groups in total. The summed E-state index contributed by atoms with van der Waals surface area (Å²) in [5.41, 5.74) is 0.903. The fraction of sp³-hybridized carbons (Fsp3) is 0.545. The quantitative estimate of drug-likeness (QED) is 0.592. The average Bonchev–Trinajstić information content (AvgIpc) is 3.41. The summed E-state index contributed by atoms with van der Waals surface area (Å²) in [5, 5.41) is 2.86. The number of methoxy groups -OCH3 is 2. The van der Waals surface area contributed by atoms with Gasteiger partial charge in [0.1, 0.15) is 11.6 Å². The highest BCUT2D eigenvalue weighted by Gasteiger charge is 2.29. The Morgan fingerprint density at radius 1 is 1.21 bits per heavy atom. The molecule has 0 spiro atoms. The van der Waals surface area contributed by atoms with Gasteiger partial charge in [-0.25, -0.2) is 4.98 Å². The maximum Gasteiger partial charge on any atom is 0.226 e. The zero-order chi connectivity index (χ0) is 20.8. The number of ether oxygens (including phenoxy) is 3. The van der Waals surface area contributed by atoms with E-state index < -0.39 is 0 Å². The Morgan fingerprint density at radius 2 is 1.86 bits per heavy atom. The zero-order valence-corrected chi connectivity index (χ0v) is 18.5. The molecule has 0 bridgehead atoms. The van der Waals surface area contributed by atoms with Crippen LogP contribution in [0.1, 0.15) is 50.2 Å². The van der Waals surface area contributed by atoms with E-state index in [4.69, 9.17) is 14.2 Å². The molecule has 0 aliphatic heterocycles. The van der Waals surface area contributed by atoms with Crippen LogP contribution in [0.4, 0.5) is 0 Å². The van der Waals surface area contributed by atoms with Gasteiger partial charge in [-0.1, -0.05) is 18.9 Å². The van der Waals surface area contributed by atoms with Gasteiger partial charge in [0.05, 0.1) is 26.5 Å². The second-order valence-electron chi connectivity index (χ2n) is 7.55. The van der Waals surface area contributed by atoms with Gasteiger partial charge in [-0.3, -0.25) is 4.79 Å². The number of aromatic nitrogens is 1. The van der Waals surface area contributed by atoms with E-state index in [0.717, 1.165) is 36.4 Å². The Hall–Kier alpha value is -2.28. The Labute approximate surface area is 176 Å². The van der Waals surface area contributed by atoms with Crippen LogP contribution < -0.4 is 14.2 Å². The predicted molar refractivity (Wildman–Crippen MR) is 114 cm³/mol. The SMILES string of the molecule is COc1cccc(OC)c1OCc1nc(CN(C(=O)C2CCCC2)C(C)C)cs1. The molecule has 0 saturated heterocycles. The first-order valence-corrected chi connectivity index (χ1v) is 11.0. The molecule has 1 aliphatic rings. The fourth-order valence-electron chi connectivity index (χ4n) is 3.68. The van der Waals surface area contributed by atoms with Crippen molar-refractivity contribution in [3.05, 3.63) is 34.3 Å². The van der Waals surface area contributed by atoms with E-state index in [9.17, 15) is 4.79 Å². The number of rotatable bonds is 9. The van der Waals surface area contributed by atoms with Gasteiger partial charge in [0.15, 0.2) is 11.5 Å². The third-order valence-electron chi connectivity index (χ3n) is 5.27. The average molecular weight is 419 g/mol. The number of benzene rings is 1. The molecule has 1 saturated carbocycles. The molecule has 1 heterocycles. The zero-order valence-electron chi connectivity index (χ0n) is 17.6. The molecule has 1 amide bonds. The second kappa shape index (κ2) is 9.96. The van der Waals surface area contributed by atoms with Crippen LogP contribution in [-0.2, 0) is 17.9 Å². The molecule has 3 rings (SSSR count). The van der Waals surface area contributed by atoms with Gasteiger partial charge in [-0.2, -0.15) is 0 Å². The minimum Gasteiger partial charge on any atom is -0.493 e. The van der Waals surface area contributed by atoms with Crippen LogP contribution in [0.2, 0.25) is 0 Å². The highest BCUT2D eigenvalue weighted by atomic mass is 32.1. The molecule has 158 valence electrons. The Bertz CT molecular complexity index is 793. The lowest BCUT2D eigenvalue weighted by Gasteiger charge is -2.28. The normalized spacial score (nSPS) is 14.2. The van der Waals surface area contributed by atoms with Crippen molar-refractivity contribution >= 4 is 17.2 Å². The van der Waals surface area contributed by atoms with Crippen LogP contribution in [0.5, 0.6) is 17.2 Å². The Balaban J connectivity index is 1.65. The van der Waals surface area contributed by atoms with E-state index >= 15 is 0 Å². The predicted octanol–water partition coefficient (Wildman–Crippen LogP) is 4.67. The second-order valence-corrected chi connectivity index (χ2v) is 8.50. The van der Waals surface area contributed by atoms with Crippen molar-refractivity contribution in [2.75, 3.05) is 14.2 Å². The molecule has 1 aliphatic carbocycles. The molecule has 1 aromatic heterocycles. The summed E-state index contributed by atoms with van der Waals surface area (Å²) in [6.45, 7) is 5.00. The number of nitrogens with zero attached hydrogens (tertiary/aromatic N) is 2. The van der Waals surface area contributed by atoms with Crippen LogP contribution in [0, 0.1) is 5.92 Å². The number of hydrogen-bond donors (Lipinski definition) is 0. The van der Waals surface area contributed by atoms with Gasteiger partial charge >= 0.3 is 0 Å². The van der Waals surface area contributed by atoms with E-state index in [-0.39, 0.29) is 17.9 Å². The summed E-state index contributed by atoms with van der Waals surface area (Å²) in [5.74, 6) is 2.25. The van der Waals surface area contributed by atoms with E-state index in [1.54, 1.807) is 14.2 Å². The van der Waals surface area contributed by atoms with Crippen LogP contribution in [0.25, 0.3) is 0 Å². The number of carbonyl (C=O) groups excluding carboxylic acids is 1. The first-order chi connectivity index (χ1) is 14.0. The first-order valence-electron chi connectivity index (χ1n) is 10.1. The van der Waals surface area contributed by atoms with Crippen LogP contribution in [0.3, 0.4) is 0 Å². The maximum atomic E-state index is 12.9. The van der Waals surface area contributed by atoms with Crippen molar-refractivity contribution in [3.8, 4) is 17.2 Å². The third-order valence-corrected chi connectivity index (χ3v) is 6.14. The third kappa shape index (κ3) is 5.21. The van der Waals surface area contributed by atoms with E-state index in [1.807, 2.05) is 28.5 Å². The lowest BCUT2D eigenvalue weighted by molar-refractivity contribution is -0.137. The monoisotopic (exact) mass is 418 g/mol. The van der Waals surface area contributed by atoms with Gasteiger partial charge in [0, 0.05) is 17.3 Å². The molecule has 6 nitrogen and oxygen atoms in total. The molecule has 0 unspecified atom stereocenters. The minimum absolute atomic E-state index is 0.155. The van der Waals surface area contributed by atoms with Crippen molar-refractivity contribution in [2.45, 2.75) is 58.7 Å². The minimum atomic E-state index is 0.155. The van der Waals surface area contributed by atoms with Gasteiger partial charge in [-0.05, 0) is 38.8 Å². The molecule has 0 radical (unpaired) electrons. The highest BCUT2D eigenvalue weighted by molar-refractivity contribution is 7.09. The summed E-state index contributed by atoms with van der Waals surface area (Å²) < 4.78 is 16.7. The van der Waals surface area contributed by atoms with Crippen molar-refractivity contribution in [1.82, 2.24) is 9.88 Å². The number of para-hydroxylation sites is 1. The van der Waals surface area contributed by atoms with Gasteiger partial charge < -0.3 is 19.1 Å².